The number of carboxylic acids is 1. The monoisotopic (exact) mass is 245 g/mol. The van der Waals surface area contributed by atoms with E-state index in [0.717, 1.165) is 37.7 Å². The van der Waals surface area contributed by atoms with Crippen LogP contribution in [0.2, 0.25) is 0 Å². The minimum absolute atomic E-state index is 0.320. The Balaban J connectivity index is 2.44. The van der Waals surface area contributed by atoms with Crippen molar-refractivity contribution in [2.45, 2.75) is 38.1 Å². The lowest BCUT2D eigenvalue weighted by atomic mass is 9.88. The van der Waals surface area contributed by atoms with Crippen molar-refractivity contribution in [3.05, 3.63) is 47.1 Å². The number of hydrogen-bond acceptors (Lipinski definition) is 2. The fourth-order valence-corrected chi connectivity index (χ4v) is 2.40. The molecule has 0 radical (unpaired) electrons. The molecule has 96 valence electrons. The maximum Gasteiger partial charge on any atom is 0.333 e. The fourth-order valence-electron chi connectivity index (χ4n) is 2.40. The van der Waals surface area contributed by atoms with Gasteiger partial charge in [-0.05, 0) is 49.3 Å². The van der Waals surface area contributed by atoms with Gasteiger partial charge in [-0.2, -0.15) is 0 Å². The highest BCUT2D eigenvalue weighted by molar-refractivity contribution is 5.89. The summed E-state index contributed by atoms with van der Waals surface area (Å²) in [4.78, 5) is 11.2. The van der Waals surface area contributed by atoms with Crippen LogP contribution in [-0.4, -0.2) is 17.1 Å². The van der Waals surface area contributed by atoms with Crippen LogP contribution in [0.15, 0.2) is 47.1 Å². The maximum absolute atomic E-state index is 11.2. The highest BCUT2D eigenvalue weighted by atomic mass is 16.4. The average Bonchev–Trinajstić information content (AvgIpc) is 2.28. The first-order chi connectivity index (χ1) is 8.68. The van der Waals surface area contributed by atoms with Crippen molar-refractivity contribution < 1.29 is 9.90 Å². The topological polar surface area (TPSA) is 63.3 Å². The van der Waals surface area contributed by atoms with E-state index in [2.05, 4.69) is 12.2 Å². The minimum atomic E-state index is -0.907. The summed E-state index contributed by atoms with van der Waals surface area (Å²) in [5.41, 5.74) is 8.50. The number of nitrogens with two attached hydrogens (primary N) is 1. The molecule has 0 aromatic carbocycles. The summed E-state index contributed by atoms with van der Waals surface area (Å²) in [6.45, 7) is 0. The number of hydrogen-bond donors (Lipinski definition) is 2. The first-order valence-corrected chi connectivity index (χ1v) is 6.45. The molecular weight excluding hydrogens is 226 g/mol. The van der Waals surface area contributed by atoms with Crippen LogP contribution in [0.4, 0.5) is 0 Å². The molecule has 1 unspecified atom stereocenters. The second-order valence-electron chi connectivity index (χ2n) is 4.76. The van der Waals surface area contributed by atoms with Crippen molar-refractivity contribution >= 4 is 5.97 Å². The molecule has 0 fully saturated rings. The van der Waals surface area contributed by atoms with E-state index in [0.29, 0.717) is 5.57 Å². The van der Waals surface area contributed by atoms with E-state index in [1.54, 1.807) is 6.08 Å². The Labute approximate surface area is 107 Å². The number of carbonyl (C=O) groups is 1. The number of fused-ring (bicyclic) bond motifs is 1. The Morgan fingerprint density at radius 2 is 2.22 bits per heavy atom. The van der Waals surface area contributed by atoms with E-state index >= 15 is 0 Å². The van der Waals surface area contributed by atoms with Crippen LogP contribution in [0.5, 0.6) is 0 Å². The Morgan fingerprint density at radius 1 is 1.39 bits per heavy atom. The summed E-state index contributed by atoms with van der Waals surface area (Å²) in [5, 5.41) is 9.23. The highest BCUT2D eigenvalue weighted by Gasteiger charge is 2.20. The summed E-state index contributed by atoms with van der Waals surface area (Å²) in [6.07, 6.45) is 14.8. The molecule has 18 heavy (non-hydrogen) atoms. The molecule has 0 saturated carbocycles. The van der Waals surface area contributed by atoms with E-state index in [1.807, 2.05) is 12.2 Å². The van der Waals surface area contributed by atoms with Crippen molar-refractivity contribution in [1.29, 1.82) is 0 Å². The summed E-state index contributed by atoms with van der Waals surface area (Å²) < 4.78 is 0. The van der Waals surface area contributed by atoms with Crippen LogP contribution < -0.4 is 5.73 Å². The predicted molar refractivity (Wildman–Crippen MR) is 72.1 cm³/mol. The third-order valence-corrected chi connectivity index (χ3v) is 3.43. The van der Waals surface area contributed by atoms with Gasteiger partial charge < -0.3 is 10.8 Å². The molecule has 0 saturated heterocycles. The molecule has 0 aromatic rings. The first kappa shape index (κ1) is 12.8. The second kappa shape index (κ2) is 5.83. The molecule has 2 aliphatic carbocycles. The first-order valence-electron chi connectivity index (χ1n) is 6.45. The van der Waals surface area contributed by atoms with Crippen molar-refractivity contribution in [3.63, 3.8) is 0 Å². The van der Waals surface area contributed by atoms with Crippen molar-refractivity contribution in [3.8, 4) is 0 Å². The zero-order valence-electron chi connectivity index (χ0n) is 10.4. The third kappa shape index (κ3) is 2.99. The van der Waals surface area contributed by atoms with Gasteiger partial charge in [0.2, 0.25) is 0 Å². The lowest BCUT2D eigenvalue weighted by Crippen LogP contribution is -2.28. The normalized spacial score (nSPS) is 34.9. The van der Waals surface area contributed by atoms with Gasteiger partial charge in [0.25, 0.3) is 0 Å². The van der Waals surface area contributed by atoms with Crippen molar-refractivity contribution in [1.82, 2.24) is 0 Å². The van der Waals surface area contributed by atoms with E-state index < -0.39 is 5.97 Å². The predicted octanol–water partition coefficient (Wildman–Crippen LogP) is 2.71. The Hall–Kier alpha value is -1.61. The smallest absolute Gasteiger partial charge is 0.333 e. The Bertz CT molecular complexity index is 455. The Morgan fingerprint density at radius 3 is 3.00 bits per heavy atom. The number of allylic oxidation sites excluding steroid dienone is 7. The standard InChI is InChI=1S/C15H19NO2/c16-14-9-5-8-11-6-3-1-2-4-7-12(11)10-13(14)15(17)18/h2,4,6-7,10,14H,1,3,5,8-9,16H2,(H,17,18)/b4-2+,11-6-,12-7-,13-10+. The summed E-state index contributed by atoms with van der Waals surface area (Å²) in [5.74, 6) is -0.907. The van der Waals surface area contributed by atoms with Gasteiger partial charge in [-0.15, -0.1) is 0 Å². The molecule has 0 heterocycles. The molecule has 0 amide bonds. The molecule has 2 aliphatic rings. The maximum atomic E-state index is 11.2. The molecule has 0 aliphatic heterocycles. The third-order valence-electron chi connectivity index (χ3n) is 3.43. The summed E-state index contributed by atoms with van der Waals surface area (Å²) in [6, 6.07) is -0.362. The van der Waals surface area contributed by atoms with Crippen LogP contribution in [0.3, 0.4) is 0 Å². The van der Waals surface area contributed by atoms with Crippen LogP contribution >= 0.6 is 0 Å². The van der Waals surface area contributed by atoms with Crippen LogP contribution in [0.25, 0.3) is 0 Å². The van der Waals surface area contributed by atoms with Gasteiger partial charge in [-0.1, -0.05) is 24.3 Å². The van der Waals surface area contributed by atoms with E-state index in [1.165, 1.54) is 5.57 Å². The van der Waals surface area contributed by atoms with E-state index in [4.69, 9.17) is 5.73 Å². The second-order valence-corrected chi connectivity index (χ2v) is 4.76. The van der Waals surface area contributed by atoms with Gasteiger partial charge in [-0.25, -0.2) is 4.79 Å². The summed E-state index contributed by atoms with van der Waals surface area (Å²) in [7, 11) is 0. The lowest BCUT2D eigenvalue weighted by molar-refractivity contribution is -0.132. The number of rotatable bonds is 1. The SMILES string of the molecule is NC1CCC/C2=C/CC/C=C/C=C2/C=C\1C(=O)O. The van der Waals surface area contributed by atoms with Crippen molar-refractivity contribution in [2.75, 3.05) is 0 Å². The van der Waals surface area contributed by atoms with Gasteiger partial charge in [0.1, 0.15) is 0 Å². The van der Waals surface area contributed by atoms with Crippen LogP contribution in [0, 0.1) is 0 Å². The largest absolute Gasteiger partial charge is 0.478 e. The number of aliphatic carboxylic acids is 1. The van der Waals surface area contributed by atoms with Crippen LogP contribution in [0.1, 0.15) is 32.1 Å². The van der Waals surface area contributed by atoms with Crippen molar-refractivity contribution in [2.24, 2.45) is 5.73 Å². The zero-order valence-corrected chi connectivity index (χ0v) is 10.4. The van der Waals surface area contributed by atoms with Gasteiger partial charge in [0, 0.05) is 6.04 Å². The molecule has 3 heteroatoms. The summed E-state index contributed by atoms with van der Waals surface area (Å²) >= 11 is 0. The highest BCUT2D eigenvalue weighted by Crippen LogP contribution is 2.27. The van der Waals surface area contributed by atoms with E-state index in [9.17, 15) is 9.90 Å². The van der Waals surface area contributed by atoms with Gasteiger partial charge >= 0.3 is 5.97 Å². The molecule has 0 bridgehead atoms. The lowest BCUT2D eigenvalue weighted by Gasteiger charge is -2.19. The molecule has 0 aromatic heterocycles. The van der Waals surface area contributed by atoms with Gasteiger partial charge in [-0.3, -0.25) is 0 Å². The average molecular weight is 245 g/mol. The van der Waals surface area contributed by atoms with Crippen LogP contribution in [-0.2, 0) is 4.79 Å². The van der Waals surface area contributed by atoms with Gasteiger partial charge in [0.15, 0.2) is 0 Å². The van der Waals surface area contributed by atoms with Gasteiger partial charge in [0.05, 0.1) is 5.57 Å². The quantitative estimate of drug-likeness (QED) is 0.746. The Kier molecular flexibility index (Phi) is 4.15. The number of carboxylic acid groups (broad SMARTS) is 1. The van der Waals surface area contributed by atoms with E-state index in [-0.39, 0.29) is 6.04 Å². The minimum Gasteiger partial charge on any atom is -0.478 e. The molecule has 0 spiro atoms. The molecule has 1 atom stereocenters. The molecular formula is C15H19NO2. The molecule has 3 N–H and O–H groups in total. The molecule has 2 rings (SSSR count). The fraction of sp³-hybridized carbons (Fsp3) is 0.400. The zero-order chi connectivity index (χ0) is 13.0. The molecule has 3 nitrogen and oxygen atoms in total.